The summed E-state index contributed by atoms with van der Waals surface area (Å²) in [5, 5.41) is 0. The van der Waals surface area contributed by atoms with E-state index in [0.717, 1.165) is 19.3 Å². The van der Waals surface area contributed by atoms with Crippen LogP contribution in [0.15, 0.2) is 12.1 Å². The summed E-state index contributed by atoms with van der Waals surface area (Å²) in [7, 11) is 1.45. The van der Waals surface area contributed by atoms with Gasteiger partial charge in [0, 0.05) is 11.3 Å². The Morgan fingerprint density at radius 2 is 1.39 bits per heavy atom. The van der Waals surface area contributed by atoms with E-state index in [1.165, 1.54) is 63.4 Å². The van der Waals surface area contributed by atoms with Gasteiger partial charge in [-0.15, -0.1) is 11.3 Å². The molecule has 0 aliphatic rings. The molecule has 1 aromatic rings. The Hall–Kier alpha value is -1.36. The molecule has 28 heavy (non-hydrogen) atoms. The highest BCUT2D eigenvalue weighted by atomic mass is 32.1. The van der Waals surface area contributed by atoms with E-state index >= 15 is 0 Å². The summed E-state index contributed by atoms with van der Waals surface area (Å²) in [5.41, 5.74) is -0.440. The first-order valence-corrected chi connectivity index (χ1v) is 11.5. The minimum absolute atomic E-state index is 0.0939. The van der Waals surface area contributed by atoms with Crippen molar-refractivity contribution in [3.05, 3.63) is 21.9 Å². The van der Waals surface area contributed by atoms with Gasteiger partial charge in [-0.2, -0.15) is 0 Å². The monoisotopic (exact) mass is 410 g/mol. The van der Waals surface area contributed by atoms with Crippen LogP contribution in [0.3, 0.4) is 0 Å². The third-order valence-corrected chi connectivity index (χ3v) is 5.67. The molecule has 1 heterocycles. The largest absolute Gasteiger partial charge is 0.469 e. The van der Waals surface area contributed by atoms with E-state index in [9.17, 15) is 9.59 Å². The SMILES string of the molecule is COC(=O)CCCCCCCCCCCCc1ccc(C(=O)OC(C)(C)C)s1. The second kappa shape index (κ2) is 13.8. The number of esters is 2. The van der Waals surface area contributed by atoms with E-state index in [-0.39, 0.29) is 11.9 Å². The van der Waals surface area contributed by atoms with E-state index in [0.29, 0.717) is 11.3 Å². The van der Waals surface area contributed by atoms with Crippen LogP contribution < -0.4 is 0 Å². The Morgan fingerprint density at radius 1 is 0.857 bits per heavy atom. The van der Waals surface area contributed by atoms with Crippen LogP contribution in [-0.4, -0.2) is 24.6 Å². The Morgan fingerprint density at radius 3 is 1.93 bits per heavy atom. The van der Waals surface area contributed by atoms with E-state index in [4.69, 9.17) is 4.74 Å². The molecular formula is C23H38O4S. The van der Waals surface area contributed by atoms with Gasteiger partial charge < -0.3 is 9.47 Å². The van der Waals surface area contributed by atoms with Gasteiger partial charge >= 0.3 is 11.9 Å². The second-order valence-corrected chi connectivity index (χ2v) is 9.55. The number of hydrogen-bond acceptors (Lipinski definition) is 5. The van der Waals surface area contributed by atoms with Gasteiger partial charge in [0.2, 0.25) is 0 Å². The molecular weight excluding hydrogens is 372 g/mol. The third kappa shape index (κ3) is 12.2. The summed E-state index contributed by atoms with van der Waals surface area (Å²) in [6.07, 6.45) is 13.8. The van der Waals surface area contributed by atoms with Crippen LogP contribution in [0.25, 0.3) is 0 Å². The van der Waals surface area contributed by atoms with E-state index in [2.05, 4.69) is 10.8 Å². The summed E-state index contributed by atoms with van der Waals surface area (Å²) in [5.74, 6) is -0.308. The normalized spacial score (nSPS) is 11.4. The zero-order valence-corrected chi connectivity index (χ0v) is 19.0. The van der Waals surface area contributed by atoms with E-state index in [1.807, 2.05) is 26.8 Å². The third-order valence-electron chi connectivity index (χ3n) is 4.54. The van der Waals surface area contributed by atoms with Gasteiger partial charge in [0.1, 0.15) is 10.5 Å². The van der Waals surface area contributed by atoms with Gasteiger partial charge in [-0.1, -0.05) is 51.4 Å². The maximum absolute atomic E-state index is 12.0. The van der Waals surface area contributed by atoms with Crippen molar-refractivity contribution in [2.45, 2.75) is 103 Å². The molecule has 4 nitrogen and oxygen atoms in total. The predicted octanol–water partition coefficient (Wildman–Crippen LogP) is 6.71. The van der Waals surface area contributed by atoms with Gasteiger partial charge in [-0.25, -0.2) is 4.79 Å². The van der Waals surface area contributed by atoms with E-state index < -0.39 is 5.60 Å². The lowest BCUT2D eigenvalue weighted by atomic mass is 10.0. The molecule has 0 bridgehead atoms. The summed E-state index contributed by atoms with van der Waals surface area (Å²) in [4.78, 5) is 25.0. The summed E-state index contributed by atoms with van der Waals surface area (Å²) in [6, 6.07) is 3.95. The molecule has 0 aliphatic carbocycles. The minimum atomic E-state index is -0.440. The summed E-state index contributed by atoms with van der Waals surface area (Å²) in [6.45, 7) is 5.68. The van der Waals surface area contributed by atoms with Crippen LogP contribution >= 0.6 is 11.3 Å². The number of carbonyl (C=O) groups excluding carboxylic acids is 2. The molecule has 0 spiro atoms. The highest BCUT2D eigenvalue weighted by molar-refractivity contribution is 7.13. The molecule has 1 aromatic heterocycles. The number of methoxy groups -OCH3 is 1. The molecule has 0 N–H and O–H groups in total. The van der Waals surface area contributed by atoms with Crippen molar-refractivity contribution in [1.82, 2.24) is 0 Å². The van der Waals surface area contributed by atoms with Crippen molar-refractivity contribution >= 4 is 23.3 Å². The number of rotatable bonds is 14. The van der Waals surface area contributed by atoms with Crippen molar-refractivity contribution in [2.75, 3.05) is 7.11 Å². The Balaban J connectivity index is 1.98. The van der Waals surface area contributed by atoms with Crippen LogP contribution in [0.5, 0.6) is 0 Å². The summed E-state index contributed by atoms with van der Waals surface area (Å²) < 4.78 is 10.1. The molecule has 0 atom stereocenters. The Labute approximate surface area is 175 Å². The molecule has 1 rings (SSSR count). The Kier molecular flexibility index (Phi) is 12.1. The van der Waals surface area contributed by atoms with Gasteiger partial charge in [0.05, 0.1) is 7.11 Å². The molecule has 0 amide bonds. The fourth-order valence-electron chi connectivity index (χ4n) is 3.04. The van der Waals surface area contributed by atoms with Gasteiger partial charge in [-0.3, -0.25) is 4.79 Å². The predicted molar refractivity (Wildman–Crippen MR) is 116 cm³/mol. The maximum atomic E-state index is 12.0. The zero-order chi connectivity index (χ0) is 20.8. The second-order valence-electron chi connectivity index (χ2n) is 8.38. The topological polar surface area (TPSA) is 52.6 Å². The first-order chi connectivity index (χ1) is 13.3. The fraction of sp³-hybridized carbons (Fsp3) is 0.739. The lowest BCUT2D eigenvalue weighted by Gasteiger charge is -2.18. The molecule has 0 aliphatic heterocycles. The molecule has 0 saturated carbocycles. The molecule has 0 radical (unpaired) electrons. The zero-order valence-electron chi connectivity index (χ0n) is 18.2. The molecule has 0 fully saturated rings. The van der Waals surface area contributed by atoms with Crippen LogP contribution in [0.4, 0.5) is 0 Å². The average Bonchev–Trinajstić information content (AvgIpc) is 3.10. The van der Waals surface area contributed by atoms with Crippen molar-refractivity contribution < 1.29 is 19.1 Å². The number of thiophene rings is 1. The number of ether oxygens (including phenoxy) is 2. The van der Waals surface area contributed by atoms with Gasteiger partial charge in [-0.05, 0) is 52.2 Å². The van der Waals surface area contributed by atoms with Crippen molar-refractivity contribution in [3.8, 4) is 0 Å². The maximum Gasteiger partial charge on any atom is 0.348 e. The van der Waals surface area contributed by atoms with Crippen molar-refractivity contribution in [3.63, 3.8) is 0 Å². The van der Waals surface area contributed by atoms with E-state index in [1.54, 1.807) is 11.3 Å². The van der Waals surface area contributed by atoms with Gasteiger partial charge in [0.25, 0.3) is 0 Å². The molecule has 5 heteroatoms. The number of carbonyl (C=O) groups is 2. The van der Waals surface area contributed by atoms with Crippen LogP contribution in [0.2, 0.25) is 0 Å². The standard InChI is InChI=1S/C23H38O4S/c1-23(2,3)27-22(25)20-18-17-19(28-20)15-13-11-9-7-5-6-8-10-12-14-16-21(24)26-4/h17-18H,5-16H2,1-4H3. The Bertz CT molecular complexity index is 571. The average molecular weight is 411 g/mol. The molecule has 0 saturated heterocycles. The van der Waals surface area contributed by atoms with Crippen LogP contribution in [-0.2, 0) is 20.7 Å². The number of unbranched alkanes of at least 4 members (excludes halogenated alkanes) is 9. The molecule has 0 unspecified atom stereocenters. The van der Waals surface area contributed by atoms with Crippen LogP contribution in [0, 0.1) is 0 Å². The first-order valence-electron chi connectivity index (χ1n) is 10.7. The quantitative estimate of drug-likeness (QED) is 0.253. The smallest absolute Gasteiger partial charge is 0.348 e. The first kappa shape index (κ1) is 24.7. The van der Waals surface area contributed by atoms with Crippen LogP contribution in [0.1, 0.15) is 106 Å². The molecule has 160 valence electrons. The lowest BCUT2D eigenvalue weighted by Crippen LogP contribution is -2.23. The number of aryl methyl sites for hydroxylation is 1. The van der Waals surface area contributed by atoms with Crippen molar-refractivity contribution in [2.24, 2.45) is 0 Å². The fourth-order valence-corrected chi connectivity index (χ4v) is 3.96. The lowest BCUT2D eigenvalue weighted by molar-refractivity contribution is -0.140. The highest BCUT2D eigenvalue weighted by Crippen LogP contribution is 2.22. The summed E-state index contributed by atoms with van der Waals surface area (Å²) >= 11 is 1.56. The number of hydrogen-bond donors (Lipinski definition) is 0. The van der Waals surface area contributed by atoms with Gasteiger partial charge in [0.15, 0.2) is 0 Å². The highest BCUT2D eigenvalue weighted by Gasteiger charge is 2.19. The molecule has 0 aromatic carbocycles. The van der Waals surface area contributed by atoms with Crippen molar-refractivity contribution in [1.29, 1.82) is 0 Å². The minimum Gasteiger partial charge on any atom is -0.469 e.